The minimum absolute atomic E-state index is 0.0461. The van der Waals surface area contributed by atoms with E-state index < -0.39 is 0 Å². The molecule has 4 rings (SSSR count). The number of aromatic nitrogens is 1. The van der Waals surface area contributed by atoms with Crippen LogP contribution in [0.2, 0.25) is 0 Å². The van der Waals surface area contributed by atoms with Crippen LogP contribution in [0.3, 0.4) is 0 Å². The number of hydrogen-bond donors (Lipinski definition) is 0. The molecule has 5 nitrogen and oxygen atoms in total. The predicted molar refractivity (Wildman–Crippen MR) is 124 cm³/mol. The van der Waals surface area contributed by atoms with Crippen molar-refractivity contribution in [3.05, 3.63) is 59.8 Å². The number of benzene rings is 1. The van der Waals surface area contributed by atoms with Crippen molar-refractivity contribution in [1.82, 2.24) is 14.8 Å². The van der Waals surface area contributed by atoms with E-state index in [1.54, 1.807) is 18.0 Å². The molecule has 2 aromatic rings. The van der Waals surface area contributed by atoms with Crippen LogP contribution in [0.1, 0.15) is 54.4 Å². The molecule has 1 aromatic carbocycles. The average molecular weight is 438 g/mol. The van der Waals surface area contributed by atoms with E-state index in [2.05, 4.69) is 17.1 Å². The van der Waals surface area contributed by atoms with Gasteiger partial charge >= 0.3 is 0 Å². The second kappa shape index (κ2) is 10.8. The molecule has 0 N–H and O–H groups in total. The summed E-state index contributed by atoms with van der Waals surface area (Å²) in [5.74, 6) is 0.242. The lowest BCUT2D eigenvalue weighted by Gasteiger charge is -2.35. The lowest BCUT2D eigenvalue weighted by atomic mass is 10.1. The van der Waals surface area contributed by atoms with Crippen molar-refractivity contribution < 1.29 is 9.59 Å². The summed E-state index contributed by atoms with van der Waals surface area (Å²) in [4.78, 5) is 34.1. The smallest absolute Gasteiger partial charge is 0.256 e. The summed E-state index contributed by atoms with van der Waals surface area (Å²) in [7, 11) is 0. The number of hydrogen-bond acceptors (Lipinski definition) is 4. The van der Waals surface area contributed by atoms with Crippen molar-refractivity contribution in [3.8, 4) is 0 Å². The molecule has 0 atom stereocenters. The van der Waals surface area contributed by atoms with Gasteiger partial charge in [-0.1, -0.05) is 43.2 Å². The number of piperazine rings is 1. The number of pyridine rings is 1. The summed E-state index contributed by atoms with van der Waals surface area (Å²) >= 11 is 1.76. The maximum Gasteiger partial charge on any atom is 0.256 e. The molecule has 164 valence electrons. The van der Waals surface area contributed by atoms with Crippen LogP contribution in [0, 0.1) is 0 Å². The van der Waals surface area contributed by atoms with Crippen LogP contribution >= 0.6 is 11.8 Å². The van der Waals surface area contributed by atoms with Gasteiger partial charge in [0.05, 0.1) is 5.56 Å². The number of carbonyl (C=O) groups is 2. The summed E-state index contributed by atoms with van der Waals surface area (Å²) in [6.45, 7) is 2.40. The highest BCUT2D eigenvalue weighted by molar-refractivity contribution is 7.99. The van der Waals surface area contributed by atoms with E-state index >= 15 is 0 Å². The van der Waals surface area contributed by atoms with Crippen molar-refractivity contribution in [3.63, 3.8) is 0 Å². The van der Waals surface area contributed by atoms with Gasteiger partial charge in [0, 0.05) is 44.0 Å². The van der Waals surface area contributed by atoms with Gasteiger partial charge in [0.1, 0.15) is 5.03 Å². The first-order valence-electron chi connectivity index (χ1n) is 11.4. The van der Waals surface area contributed by atoms with Crippen LogP contribution < -0.4 is 0 Å². The van der Waals surface area contributed by atoms with Gasteiger partial charge in [-0.05, 0) is 43.4 Å². The number of thioether (sulfide) groups is 1. The normalized spacial score (nSPS) is 17.2. The molecule has 1 aliphatic carbocycles. The van der Waals surface area contributed by atoms with E-state index in [-0.39, 0.29) is 11.8 Å². The lowest BCUT2D eigenvalue weighted by molar-refractivity contribution is -0.132. The lowest BCUT2D eigenvalue weighted by Crippen LogP contribution is -2.50. The van der Waals surface area contributed by atoms with Crippen LogP contribution in [0.25, 0.3) is 0 Å². The standard InChI is InChI=1S/C25H31N3O2S/c29-23(14-6-10-20-8-2-1-3-9-20)27-16-18-28(19-17-27)25(30)22-13-7-15-26-24(22)31-21-11-4-5-12-21/h1-3,7-9,13,15,21H,4-6,10-12,14,16-19H2. The molecule has 1 saturated carbocycles. The first-order chi connectivity index (χ1) is 15.2. The van der Waals surface area contributed by atoms with Crippen molar-refractivity contribution in [2.45, 2.75) is 55.2 Å². The van der Waals surface area contributed by atoms with Crippen LogP contribution in [-0.4, -0.2) is 58.0 Å². The molecule has 0 unspecified atom stereocenters. The molecule has 1 aliphatic heterocycles. The molecule has 1 saturated heterocycles. The molecule has 6 heteroatoms. The first kappa shape index (κ1) is 21.9. The largest absolute Gasteiger partial charge is 0.339 e. The summed E-state index contributed by atoms with van der Waals surface area (Å²) in [6.07, 6.45) is 9.09. The average Bonchev–Trinajstić information content (AvgIpc) is 3.33. The Kier molecular flexibility index (Phi) is 7.62. The van der Waals surface area contributed by atoms with Crippen molar-refractivity contribution in [1.29, 1.82) is 0 Å². The van der Waals surface area contributed by atoms with E-state index in [0.717, 1.165) is 17.9 Å². The SMILES string of the molecule is O=C(CCCc1ccccc1)N1CCN(C(=O)c2cccnc2SC2CCCC2)CC1. The van der Waals surface area contributed by atoms with E-state index in [1.165, 1.54) is 31.2 Å². The minimum Gasteiger partial charge on any atom is -0.339 e. The molecule has 2 amide bonds. The highest BCUT2D eigenvalue weighted by atomic mass is 32.2. The number of rotatable bonds is 7. The number of carbonyl (C=O) groups excluding carboxylic acids is 2. The second-order valence-corrected chi connectivity index (χ2v) is 9.68. The van der Waals surface area contributed by atoms with Gasteiger partial charge in [0.25, 0.3) is 5.91 Å². The minimum atomic E-state index is 0.0461. The van der Waals surface area contributed by atoms with Crippen LogP contribution in [-0.2, 0) is 11.2 Å². The third-order valence-electron chi connectivity index (χ3n) is 6.20. The highest BCUT2D eigenvalue weighted by Crippen LogP contribution is 2.35. The van der Waals surface area contributed by atoms with Gasteiger partial charge < -0.3 is 9.80 Å². The Bertz CT molecular complexity index is 875. The molecule has 2 heterocycles. The fraction of sp³-hybridized carbons (Fsp3) is 0.480. The molecule has 2 aliphatic rings. The topological polar surface area (TPSA) is 53.5 Å². The Labute approximate surface area is 189 Å². The Hall–Kier alpha value is -2.34. The Balaban J connectivity index is 1.26. The zero-order valence-corrected chi connectivity index (χ0v) is 18.9. The zero-order valence-electron chi connectivity index (χ0n) is 18.0. The fourth-order valence-corrected chi connectivity index (χ4v) is 5.68. The molecule has 31 heavy (non-hydrogen) atoms. The molecular formula is C25H31N3O2S. The molecule has 1 aromatic heterocycles. The summed E-state index contributed by atoms with van der Waals surface area (Å²) < 4.78 is 0. The van der Waals surface area contributed by atoms with Crippen LogP contribution in [0.4, 0.5) is 0 Å². The summed E-state index contributed by atoms with van der Waals surface area (Å²) in [5, 5.41) is 1.44. The maximum atomic E-state index is 13.2. The zero-order chi connectivity index (χ0) is 21.5. The van der Waals surface area contributed by atoms with E-state index in [9.17, 15) is 9.59 Å². The molecular weight excluding hydrogens is 406 g/mol. The van der Waals surface area contributed by atoms with Crippen molar-refractivity contribution in [2.75, 3.05) is 26.2 Å². The van der Waals surface area contributed by atoms with E-state index in [4.69, 9.17) is 0 Å². The number of aryl methyl sites for hydroxylation is 1. The van der Waals surface area contributed by atoms with Gasteiger partial charge in [-0.15, -0.1) is 11.8 Å². The Morgan fingerprint density at radius 1 is 0.935 bits per heavy atom. The quantitative estimate of drug-likeness (QED) is 0.643. The maximum absolute atomic E-state index is 13.2. The van der Waals surface area contributed by atoms with Gasteiger partial charge in [0.15, 0.2) is 0 Å². The van der Waals surface area contributed by atoms with Gasteiger partial charge in [-0.25, -0.2) is 4.98 Å². The molecule has 2 fully saturated rings. The monoisotopic (exact) mass is 437 g/mol. The van der Waals surface area contributed by atoms with Crippen molar-refractivity contribution >= 4 is 23.6 Å². The van der Waals surface area contributed by atoms with Crippen LogP contribution in [0.5, 0.6) is 0 Å². The van der Waals surface area contributed by atoms with Crippen molar-refractivity contribution in [2.24, 2.45) is 0 Å². The number of nitrogens with zero attached hydrogens (tertiary/aromatic N) is 3. The molecule has 0 spiro atoms. The van der Waals surface area contributed by atoms with E-state index in [1.807, 2.05) is 40.1 Å². The molecule has 0 radical (unpaired) electrons. The second-order valence-electron chi connectivity index (χ2n) is 8.39. The van der Waals surface area contributed by atoms with Gasteiger partial charge in [-0.3, -0.25) is 9.59 Å². The van der Waals surface area contributed by atoms with Gasteiger partial charge in [-0.2, -0.15) is 0 Å². The van der Waals surface area contributed by atoms with E-state index in [0.29, 0.717) is 43.4 Å². The third kappa shape index (κ3) is 5.88. The fourth-order valence-electron chi connectivity index (χ4n) is 4.39. The predicted octanol–water partition coefficient (Wildman–Crippen LogP) is 4.42. The van der Waals surface area contributed by atoms with Gasteiger partial charge in [0.2, 0.25) is 5.91 Å². The summed E-state index contributed by atoms with van der Waals surface area (Å²) in [6, 6.07) is 14.0. The first-order valence-corrected chi connectivity index (χ1v) is 12.3. The summed E-state index contributed by atoms with van der Waals surface area (Å²) in [5.41, 5.74) is 1.98. The highest BCUT2D eigenvalue weighted by Gasteiger charge is 2.27. The molecule has 0 bridgehead atoms. The Morgan fingerprint density at radius 3 is 2.39 bits per heavy atom. The third-order valence-corrected chi connectivity index (χ3v) is 7.55. The number of amides is 2. The van der Waals surface area contributed by atoms with Crippen LogP contribution in [0.15, 0.2) is 53.7 Å². The Morgan fingerprint density at radius 2 is 1.65 bits per heavy atom.